The molecule has 0 aliphatic carbocycles. The van der Waals surface area contributed by atoms with Crippen molar-refractivity contribution in [3.8, 4) is 0 Å². The van der Waals surface area contributed by atoms with Gasteiger partial charge < -0.3 is 9.47 Å². The number of nitrogens with zero attached hydrogens (tertiary/aromatic N) is 1. The molecule has 0 aromatic heterocycles. The zero-order chi connectivity index (χ0) is 21.1. The Bertz CT molecular complexity index is 662. The first-order valence-corrected chi connectivity index (χ1v) is 10.3. The van der Waals surface area contributed by atoms with Crippen LogP contribution in [0.25, 0.3) is 0 Å². The van der Waals surface area contributed by atoms with Gasteiger partial charge in [-0.05, 0) is 39.2 Å². The highest BCUT2D eigenvalue weighted by Crippen LogP contribution is 2.37. The van der Waals surface area contributed by atoms with Crippen LogP contribution in [0.15, 0.2) is 42.5 Å². The molecule has 1 aromatic carbocycles. The largest absolute Gasteiger partial charge is 0.445 e. The summed E-state index contributed by atoms with van der Waals surface area (Å²) in [5, 5.41) is 0. The highest BCUT2D eigenvalue weighted by atomic mass is 16.6. The molecule has 0 saturated carbocycles. The maximum atomic E-state index is 13.3. The fourth-order valence-electron chi connectivity index (χ4n) is 3.97. The van der Waals surface area contributed by atoms with Crippen LogP contribution in [-0.2, 0) is 9.47 Å². The second kappa shape index (κ2) is 8.69. The topological polar surface area (TPSA) is 38.8 Å². The maximum absolute atomic E-state index is 13.3. The van der Waals surface area contributed by atoms with E-state index in [0.29, 0.717) is 12.5 Å². The summed E-state index contributed by atoms with van der Waals surface area (Å²) in [4.78, 5) is 15.0. The molecular formula is C24H37NO3. The van der Waals surface area contributed by atoms with Crippen LogP contribution in [-0.4, -0.2) is 35.0 Å². The van der Waals surface area contributed by atoms with E-state index in [1.54, 1.807) is 4.90 Å². The molecule has 0 radical (unpaired) electrons. The van der Waals surface area contributed by atoms with E-state index in [9.17, 15) is 4.79 Å². The molecule has 2 rings (SSSR count). The summed E-state index contributed by atoms with van der Waals surface area (Å²) in [6, 6.07) is 10.3. The molecule has 1 heterocycles. The summed E-state index contributed by atoms with van der Waals surface area (Å²) < 4.78 is 12.0. The minimum Gasteiger partial charge on any atom is -0.445 e. The molecule has 1 saturated heterocycles. The molecule has 3 atom stereocenters. The average molecular weight is 388 g/mol. The number of ether oxygens (including phenoxy) is 2. The Morgan fingerprint density at radius 2 is 1.68 bits per heavy atom. The first-order chi connectivity index (χ1) is 13.0. The lowest BCUT2D eigenvalue weighted by molar-refractivity contribution is -0.0631. The van der Waals surface area contributed by atoms with Crippen molar-refractivity contribution < 1.29 is 14.3 Å². The summed E-state index contributed by atoms with van der Waals surface area (Å²) in [7, 11) is 0. The summed E-state index contributed by atoms with van der Waals surface area (Å²) >= 11 is 0. The molecule has 1 fully saturated rings. The summed E-state index contributed by atoms with van der Waals surface area (Å²) in [5.74, 6) is 0.624. The molecule has 0 N–H and O–H groups in total. The molecule has 0 bridgehead atoms. The van der Waals surface area contributed by atoms with Gasteiger partial charge in [-0.15, -0.1) is 0 Å². The zero-order valence-corrected chi connectivity index (χ0v) is 18.7. The van der Waals surface area contributed by atoms with Crippen LogP contribution in [0.2, 0.25) is 0 Å². The second-order valence-corrected chi connectivity index (χ2v) is 9.42. The minimum atomic E-state index is -0.682. The van der Waals surface area contributed by atoms with Gasteiger partial charge in [0, 0.05) is 11.8 Å². The van der Waals surface area contributed by atoms with Gasteiger partial charge in [-0.3, -0.25) is 4.90 Å². The molecule has 1 aromatic rings. The first kappa shape index (κ1) is 22.5. The van der Waals surface area contributed by atoms with Gasteiger partial charge in [-0.1, -0.05) is 70.2 Å². The molecular weight excluding hydrogens is 350 g/mol. The van der Waals surface area contributed by atoms with Gasteiger partial charge in [-0.25, -0.2) is 4.79 Å². The van der Waals surface area contributed by atoms with E-state index in [2.05, 4.69) is 52.0 Å². The smallest absolute Gasteiger partial charge is 0.412 e. The van der Waals surface area contributed by atoms with Crippen molar-refractivity contribution in [3.63, 3.8) is 0 Å². The predicted octanol–water partition coefficient (Wildman–Crippen LogP) is 5.99. The fraction of sp³-hybridized carbons (Fsp3) is 0.625. The highest BCUT2D eigenvalue weighted by Gasteiger charge is 2.50. The van der Waals surface area contributed by atoms with Crippen molar-refractivity contribution in [1.82, 2.24) is 4.90 Å². The van der Waals surface area contributed by atoms with E-state index in [1.807, 2.05) is 45.9 Å². The van der Waals surface area contributed by atoms with Crippen LogP contribution in [0.1, 0.15) is 66.9 Å². The van der Waals surface area contributed by atoms with Gasteiger partial charge in [0.15, 0.2) is 0 Å². The summed E-state index contributed by atoms with van der Waals surface area (Å²) in [6.45, 7) is 16.9. The third-order valence-corrected chi connectivity index (χ3v) is 5.48. The Labute approximate surface area is 170 Å². The van der Waals surface area contributed by atoms with Crippen LogP contribution in [0.4, 0.5) is 4.79 Å². The molecule has 4 heteroatoms. The maximum Gasteiger partial charge on any atom is 0.412 e. The number of carbonyl (C=O) groups is 1. The van der Waals surface area contributed by atoms with E-state index in [-0.39, 0.29) is 24.0 Å². The van der Waals surface area contributed by atoms with Crippen molar-refractivity contribution in [2.45, 2.75) is 78.7 Å². The van der Waals surface area contributed by atoms with Crippen molar-refractivity contribution in [2.24, 2.45) is 11.8 Å². The minimum absolute atomic E-state index is 0.0757. The van der Waals surface area contributed by atoms with E-state index in [0.717, 1.165) is 0 Å². The Morgan fingerprint density at radius 3 is 2.18 bits per heavy atom. The lowest BCUT2D eigenvalue weighted by Gasteiger charge is -2.39. The predicted molar refractivity (Wildman–Crippen MR) is 114 cm³/mol. The van der Waals surface area contributed by atoms with Gasteiger partial charge in [0.25, 0.3) is 0 Å². The SMILES string of the molecule is CC(C)/C=C/[C@@H](C)[C@H](OC(=O)N1C(C)(C)COC1(C)C)[C@@H](C)c1ccccc1. The lowest BCUT2D eigenvalue weighted by Crippen LogP contribution is -2.54. The number of carbonyl (C=O) groups excluding carboxylic acids is 1. The van der Waals surface area contributed by atoms with Gasteiger partial charge in [0.2, 0.25) is 0 Å². The van der Waals surface area contributed by atoms with E-state index in [4.69, 9.17) is 9.47 Å². The van der Waals surface area contributed by atoms with Crippen LogP contribution in [0.3, 0.4) is 0 Å². The van der Waals surface area contributed by atoms with Crippen molar-refractivity contribution in [2.75, 3.05) is 6.61 Å². The zero-order valence-electron chi connectivity index (χ0n) is 18.7. The van der Waals surface area contributed by atoms with Crippen LogP contribution >= 0.6 is 0 Å². The third kappa shape index (κ3) is 5.16. The molecule has 4 nitrogen and oxygen atoms in total. The molecule has 1 aliphatic rings. The fourth-order valence-corrected chi connectivity index (χ4v) is 3.97. The Hall–Kier alpha value is -1.81. The molecule has 0 unspecified atom stereocenters. The molecule has 1 amide bonds. The van der Waals surface area contributed by atoms with E-state index < -0.39 is 11.3 Å². The van der Waals surface area contributed by atoms with Gasteiger partial charge in [0.1, 0.15) is 11.8 Å². The number of amides is 1. The van der Waals surface area contributed by atoms with Crippen molar-refractivity contribution in [1.29, 1.82) is 0 Å². The van der Waals surface area contributed by atoms with Crippen molar-refractivity contribution >= 4 is 6.09 Å². The van der Waals surface area contributed by atoms with Crippen LogP contribution in [0.5, 0.6) is 0 Å². The Balaban J connectivity index is 2.30. The summed E-state index contributed by atoms with van der Waals surface area (Å²) in [6.07, 6.45) is 3.76. The number of allylic oxidation sites excluding steroid dienone is 1. The summed E-state index contributed by atoms with van der Waals surface area (Å²) in [5.41, 5.74) is 0.0808. The van der Waals surface area contributed by atoms with Gasteiger partial charge in [0.05, 0.1) is 12.1 Å². The second-order valence-electron chi connectivity index (χ2n) is 9.42. The normalized spacial score (nSPS) is 21.7. The van der Waals surface area contributed by atoms with Crippen molar-refractivity contribution in [3.05, 3.63) is 48.0 Å². The number of benzene rings is 1. The van der Waals surface area contributed by atoms with Gasteiger partial charge >= 0.3 is 6.09 Å². The van der Waals surface area contributed by atoms with E-state index in [1.165, 1.54) is 5.56 Å². The van der Waals surface area contributed by atoms with Crippen LogP contribution < -0.4 is 0 Å². The molecule has 156 valence electrons. The Kier molecular flexibility index (Phi) is 6.97. The molecule has 0 spiro atoms. The standard InChI is InChI=1S/C24H37NO3/c1-17(2)14-15-18(3)21(19(4)20-12-10-9-11-13-20)28-22(26)25-23(5,6)16-27-24(25,7)8/h9-15,17-19,21H,16H2,1-8H3/b15-14+/t18-,19+,21+/m1/s1. The van der Waals surface area contributed by atoms with E-state index >= 15 is 0 Å². The Morgan fingerprint density at radius 1 is 1.07 bits per heavy atom. The third-order valence-electron chi connectivity index (χ3n) is 5.48. The highest BCUT2D eigenvalue weighted by molar-refractivity contribution is 5.70. The quantitative estimate of drug-likeness (QED) is 0.563. The monoisotopic (exact) mass is 387 g/mol. The number of hydrogen-bond donors (Lipinski definition) is 0. The molecule has 1 aliphatic heterocycles. The number of hydrogen-bond acceptors (Lipinski definition) is 3. The lowest BCUT2D eigenvalue weighted by atomic mass is 9.87. The first-order valence-electron chi connectivity index (χ1n) is 10.3. The van der Waals surface area contributed by atoms with Gasteiger partial charge in [-0.2, -0.15) is 0 Å². The van der Waals surface area contributed by atoms with Crippen LogP contribution in [0, 0.1) is 11.8 Å². The molecule has 28 heavy (non-hydrogen) atoms. The average Bonchev–Trinajstić information content (AvgIpc) is 2.85. The number of rotatable bonds is 6.